The van der Waals surface area contributed by atoms with Gasteiger partial charge in [-0.25, -0.2) is 0 Å². The fourth-order valence-electron chi connectivity index (χ4n) is 3.69. The molecule has 1 aliphatic rings. The standard InChI is InChI=1S/C25H26ClNO4/c1-5-13-27-22(17-9-7-16(8-10-17)15(3)4)21(24(29)25(27)30)23(28)18-11-12-20(31-6-2)19(26)14-18/h5,7-12,14-15,22,28H,1,6,13H2,2-4H3/t22-/m0/s1. The van der Waals surface area contributed by atoms with E-state index in [1.165, 1.54) is 11.0 Å². The van der Waals surface area contributed by atoms with Gasteiger partial charge in [0.1, 0.15) is 11.5 Å². The predicted octanol–water partition coefficient (Wildman–Crippen LogP) is 5.47. The number of rotatable bonds is 7. The number of benzene rings is 2. The maximum absolute atomic E-state index is 12.9. The van der Waals surface area contributed by atoms with Gasteiger partial charge in [0.15, 0.2) is 0 Å². The van der Waals surface area contributed by atoms with Gasteiger partial charge in [-0.1, -0.05) is 55.8 Å². The number of halogens is 1. The monoisotopic (exact) mass is 439 g/mol. The number of aliphatic hydroxyl groups excluding tert-OH is 1. The second kappa shape index (κ2) is 9.40. The zero-order valence-corrected chi connectivity index (χ0v) is 18.6. The number of carbonyl (C=O) groups is 2. The molecule has 2 aromatic rings. The minimum atomic E-state index is -0.734. The van der Waals surface area contributed by atoms with Crippen LogP contribution in [0.3, 0.4) is 0 Å². The topological polar surface area (TPSA) is 66.8 Å². The Balaban J connectivity index is 2.14. The van der Waals surface area contributed by atoms with E-state index in [1.807, 2.05) is 31.2 Å². The Morgan fingerprint density at radius 3 is 2.45 bits per heavy atom. The average Bonchev–Trinajstić information content (AvgIpc) is 3.00. The summed E-state index contributed by atoms with van der Waals surface area (Å²) in [5, 5.41) is 11.4. The molecule has 3 rings (SSSR count). The van der Waals surface area contributed by atoms with Crippen LogP contribution in [-0.4, -0.2) is 34.8 Å². The molecule has 2 aromatic carbocycles. The van der Waals surface area contributed by atoms with Gasteiger partial charge < -0.3 is 14.7 Å². The molecular formula is C25H26ClNO4. The first-order valence-electron chi connectivity index (χ1n) is 10.2. The van der Waals surface area contributed by atoms with Crippen molar-refractivity contribution in [2.24, 2.45) is 0 Å². The van der Waals surface area contributed by atoms with Gasteiger partial charge in [-0.05, 0) is 42.2 Å². The Morgan fingerprint density at radius 2 is 1.90 bits per heavy atom. The lowest BCUT2D eigenvalue weighted by molar-refractivity contribution is -0.139. The zero-order valence-electron chi connectivity index (χ0n) is 17.9. The van der Waals surface area contributed by atoms with E-state index < -0.39 is 17.7 Å². The molecular weight excluding hydrogens is 414 g/mol. The normalized spacial score (nSPS) is 18.0. The minimum Gasteiger partial charge on any atom is -0.507 e. The van der Waals surface area contributed by atoms with Crippen molar-refractivity contribution in [3.8, 4) is 5.75 Å². The van der Waals surface area contributed by atoms with Crippen molar-refractivity contribution in [1.82, 2.24) is 4.90 Å². The number of hydrogen-bond acceptors (Lipinski definition) is 4. The highest BCUT2D eigenvalue weighted by Crippen LogP contribution is 2.40. The van der Waals surface area contributed by atoms with Gasteiger partial charge >= 0.3 is 0 Å². The summed E-state index contributed by atoms with van der Waals surface area (Å²) in [6.07, 6.45) is 1.56. The first kappa shape index (κ1) is 22.6. The summed E-state index contributed by atoms with van der Waals surface area (Å²) in [7, 11) is 0. The first-order valence-corrected chi connectivity index (χ1v) is 10.6. The molecule has 0 aliphatic carbocycles. The van der Waals surface area contributed by atoms with Gasteiger partial charge in [-0.15, -0.1) is 6.58 Å². The number of ketones is 1. The van der Waals surface area contributed by atoms with Crippen LogP contribution in [0, 0.1) is 0 Å². The van der Waals surface area contributed by atoms with Crippen molar-refractivity contribution in [2.75, 3.05) is 13.2 Å². The van der Waals surface area contributed by atoms with E-state index in [9.17, 15) is 14.7 Å². The Labute approximate surface area is 187 Å². The van der Waals surface area contributed by atoms with Crippen LogP contribution in [-0.2, 0) is 9.59 Å². The highest BCUT2D eigenvalue weighted by atomic mass is 35.5. The summed E-state index contributed by atoms with van der Waals surface area (Å²) in [6, 6.07) is 11.8. The zero-order chi connectivity index (χ0) is 22.7. The number of amides is 1. The summed E-state index contributed by atoms with van der Waals surface area (Å²) in [5.41, 5.74) is 2.25. The summed E-state index contributed by atoms with van der Waals surface area (Å²) in [4.78, 5) is 27.1. The summed E-state index contributed by atoms with van der Waals surface area (Å²) in [5.74, 6) is -0.847. The molecule has 5 nitrogen and oxygen atoms in total. The van der Waals surface area contributed by atoms with Crippen LogP contribution in [0.2, 0.25) is 5.02 Å². The highest BCUT2D eigenvalue weighted by Gasteiger charge is 2.45. The number of Topliss-reactive ketones (excluding diaryl/α,β-unsaturated/α-hetero) is 1. The van der Waals surface area contributed by atoms with Crippen molar-refractivity contribution >= 4 is 29.1 Å². The summed E-state index contributed by atoms with van der Waals surface area (Å²) >= 11 is 6.27. The smallest absolute Gasteiger partial charge is 0.295 e. The van der Waals surface area contributed by atoms with Crippen molar-refractivity contribution in [3.63, 3.8) is 0 Å². The molecule has 31 heavy (non-hydrogen) atoms. The molecule has 0 aromatic heterocycles. The van der Waals surface area contributed by atoms with Crippen LogP contribution in [0.4, 0.5) is 0 Å². The van der Waals surface area contributed by atoms with Gasteiger partial charge in [-0.3, -0.25) is 9.59 Å². The predicted molar refractivity (Wildman–Crippen MR) is 122 cm³/mol. The van der Waals surface area contributed by atoms with Crippen LogP contribution >= 0.6 is 11.6 Å². The second-order valence-electron chi connectivity index (χ2n) is 7.64. The van der Waals surface area contributed by atoms with Crippen LogP contribution in [0.15, 0.2) is 60.7 Å². The molecule has 1 amide bonds. The van der Waals surface area contributed by atoms with E-state index in [4.69, 9.17) is 16.3 Å². The third kappa shape index (κ3) is 4.37. The SMILES string of the molecule is C=CCN1C(=O)C(=O)C(=C(O)c2ccc(OCC)c(Cl)c2)[C@@H]1c1ccc(C(C)C)cc1. The third-order valence-electron chi connectivity index (χ3n) is 5.29. The van der Waals surface area contributed by atoms with Crippen molar-refractivity contribution < 1.29 is 19.4 Å². The molecule has 0 spiro atoms. The molecule has 6 heteroatoms. The van der Waals surface area contributed by atoms with Crippen LogP contribution in [0.25, 0.3) is 5.76 Å². The molecule has 0 bridgehead atoms. The second-order valence-corrected chi connectivity index (χ2v) is 8.05. The Bertz CT molecular complexity index is 1040. The molecule has 1 N–H and O–H groups in total. The summed E-state index contributed by atoms with van der Waals surface area (Å²) < 4.78 is 5.43. The molecule has 1 fully saturated rings. The number of likely N-dealkylation sites (tertiary alicyclic amines) is 1. The van der Waals surface area contributed by atoms with E-state index >= 15 is 0 Å². The van der Waals surface area contributed by atoms with Crippen molar-refractivity contribution in [3.05, 3.63) is 82.4 Å². The van der Waals surface area contributed by atoms with E-state index in [0.29, 0.717) is 28.9 Å². The fourth-order valence-corrected chi connectivity index (χ4v) is 3.93. The van der Waals surface area contributed by atoms with Gasteiger partial charge in [0, 0.05) is 12.1 Å². The van der Waals surface area contributed by atoms with Gasteiger partial charge in [0.05, 0.1) is 23.2 Å². The lowest BCUT2D eigenvalue weighted by atomic mass is 9.93. The quantitative estimate of drug-likeness (QED) is 0.269. The maximum Gasteiger partial charge on any atom is 0.295 e. The Morgan fingerprint density at radius 1 is 1.23 bits per heavy atom. The largest absolute Gasteiger partial charge is 0.507 e. The van der Waals surface area contributed by atoms with Crippen LogP contribution in [0.1, 0.15) is 49.4 Å². The molecule has 1 saturated heterocycles. The number of carbonyl (C=O) groups excluding carboxylic acids is 2. The number of nitrogens with zero attached hydrogens (tertiary/aromatic N) is 1. The van der Waals surface area contributed by atoms with Gasteiger partial charge in [-0.2, -0.15) is 0 Å². The molecule has 0 unspecified atom stereocenters. The van der Waals surface area contributed by atoms with E-state index in [0.717, 1.165) is 11.1 Å². The average molecular weight is 440 g/mol. The fraction of sp³-hybridized carbons (Fsp3) is 0.280. The molecule has 0 radical (unpaired) electrons. The van der Waals surface area contributed by atoms with E-state index in [1.54, 1.807) is 18.2 Å². The minimum absolute atomic E-state index is 0.0318. The highest BCUT2D eigenvalue weighted by molar-refractivity contribution is 6.46. The lowest BCUT2D eigenvalue weighted by Gasteiger charge is -2.24. The lowest BCUT2D eigenvalue weighted by Crippen LogP contribution is -2.29. The van der Waals surface area contributed by atoms with Crippen molar-refractivity contribution in [1.29, 1.82) is 0 Å². The number of aliphatic hydroxyl groups is 1. The van der Waals surface area contributed by atoms with E-state index in [2.05, 4.69) is 20.4 Å². The van der Waals surface area contributed by atoms with Crippen LogP contribution < -0.4 is 4.74 Å². The molecule has 1 atom stereocenters. The Kier molecular flexibility index (Phi) is 6.86. The van der Waals surface area contributed by atoms with E-state index in [-0.39, 0.29) is 17.9 Å². The number of ether oxygens (including phenoxy) is 1. The van der Waals surface area contributed by atoms with Gasteiger partial charge in [0.25, 0.3) is 11.7 Å². The first-order chi connectivity index (χ1) is 14.8. The van der Waals surface area contributed by atoms with Gasteiger partial charge in [0.2, 0.25) is 0 Å². The molecule has 0 saturated carbocycles. The molecule has 162 valence electrons. The maximum atomic E-state index is 12.9. The van der Waals surface area contributed by atoms with Crippen molar-refractivity contribution in [2.45, 2.75) is 32.7 Å². The molecule has 1 aliphatic heterocycles. The number of hydrogen-bond donors (Lipinski definition) is 1. The third-order valence-corrected chi connectivity index (χ3v) is 5.59. The van der Waals surface area contributed by atoms with Crippen LogP contribution in [0.5, 0.6) is 5.75 Å². The summed E-state index contributed by atoms with van der Waals surface area (Å²) in [6.45, 7) is 10.4. The Hall–Kier alpha value is -3.05. The molecule has 1 heterocycles.